The van der Waals surface area contributed by atoms with Gasteiger partial charge < -0.3 is 24.6 Å². The van der Waals surface area contributed by atoms with Crippen molar-refractivity contribution in [3.63, 3.8) is 0 Å². The van der Waals surface area contributed by atoms with Gasteiger partial charge in [0.25, 0.3) is 11.7 Å². The Hall–Kier alpha value is -4.33. The van der Waals surface area contributed by atoms with E-state index >= 15 is 0 Å². The molecule has 7 nitrogen and oxygen atoms in total. The first-order valence-corrected chi connectivity index (χ1v) is 12.6. The molecule has 0 saturated carbocycles. The molecule has 0 spiro atoms. The second-order valence-corrected chi connectivity index (χ2v) is 8.91. The summed E-state index contributed by atoms with van der Waals surface area (Å²) < 4.78 is 24.6. The summed E-state index contributed by atoms with van der Waals surface area (Å²) in [7, 11) is 0. The van der Waals surface area contributed by atoms with Gasteiger partial charge in [-0.15, -0.1) is 0 Å². The van der Waals surface area contributed by atoms with Crippen molar-refractivity contribution in [2.45, 2.75) is 32.7 Å². The number of aliphatic hydroxyl groups is 1. The highest BCUT2D eigenvalue weighted by Crippen LogP contribution is 2.42. The van der Waals surface area contributed by atoms with Gasteiger partial charge in [0.15, 0.2) is 11.5 Å². The molecule has 0 aliphatic carbocycles. The Bertz CT molecular complexity index is 1350. The van der Waals surface area contributed by atoms with Gasteiger partial charge in [-0.2, -0.15) is 0 Å². The van der Waals surface area contributed by atoms with Gasteiger partial charge in [-0.05, 0) is 67.3 Å². The average molecular weight is 520 g/mol. The summed E-state index contributed by atoms with van der Waals surface area (Å²) in [6, 6.07) is 16.3. The lowest BCUT2D eigenvalue weighted by molar-refractivity contribution is -0.139. The molecule has 1 unspecified atom stereocenters. The minimum absolute atomic E-state index is 0.0742. The highest BCUT2D eigenvalue weighted by atomic mass is 19.1. The predicted octanol–water partition coefficient (Wildman–Crippen LogP) is 5.38. The zero-order valence-corrected chi connectivity index (χ0v) is 21.3. The molecule has 3 aromatic carbocycles. The molecule has 4 rings (SSSR count). The number of halogens is 1. The van der Waals surface area contributed by atoms with Gasteiger partial charge in [0, 0.05) is 12.1 Å². The number of carbonyl (C=O) groups is 2. The van der Waals surface area contributed by atoms with Crippen molar-refractivity contribution in [3.05, 3.63) is 94.8 Å². The maximum Gasteiger partial charge on any atom is 0.295 e. The molecule has 2 N–H and O–H groups in total. The number of likely N-dealkylation sites (tertiary alicyclic amines) is 1. The Morgan fingerprint density at radius 3 is 2.47 bits per heavy atom. The number of ketones is 1. The van der Waals surface area contributed by atoms with E-state index in [1.807, 2.05) is 6.92 Å². The number of phenolic OH excluding ortho intramolecular Hbond substituents is 1. The van der Waals surface area contributed by atoms with E-state index in [1.165, 1.54) is 23.1 Å². The smallest absolute Gasteiger partial charge is 0.295 e. The molecule has 1 aliphatic heterocycles. The maximum atomic E-state index is 13.4. The van der Waals surface area contributed by atoms with Gasteiger partial charge in [-0.3, -0.25) is 9.59 Å². The van der Waals surface area contributed by atoms with Crippen LogP contribution in [0.1, 0.15) is 43.0 Å². The third-order valence-electron chi connectivity index (χ3n) is 6.27. The van der Waals surface area contributed by atoms with E-state index in [0.717, 1.165) is 12.0 Å². The molecule has 38 heavy (non-hydrogen) atoms. The summed E-state index contributed by atoms with van der Waals surface area (Å²) in [4.78, 5) is 28.0. The number of Topliss-reactive ketones (excluding diaryl/α,β-unsaturated/α-hetero) is 1. The molecule has 198 valence electrons. The number of aliphatic hydroxyl groups excluding tert-OH is 1. The standard InChI is InChI=1S/C30H30FNO6/c1-3-16-38-23-7-5-6-21(17-23)28(34)26-27(20-10-13-24(33)25(18-20)37-4-2)32(30(36)29(26)35)15-14-19-8-11-22(31)12-9-19/h5-13,17-18,27,33-34H,3-4,14-16H2,1-2H3/b28-26-. The number of rotatable bonds is 10. The molecule has 1 saturated heterocycles. The average Bonchev–Trinajstić information content (AvgIpc) is 3.17. The number of aromatic hydroxyl groups is 1. The fourth-order valence-corrected chi connectivity index (χ4v) is 4.44. The quantitative estimate of drug-likeness (QED) is 0.212. The van der Waals surface area contributed by atoms with E-state index in [9.17, 15) is 24.2 Å². The van der Waals surface area contributed by atoms with E-state index in [2.05, 4.69) is 0 Å². The lowest BCUT2D eigenvalue weighted by atomic mass is 9.94. The molecule has 1 fully saturated rings. The van der Waals surface area contributed by atoms with Crippen LogP contribution in [0.2, 0.25) is 0 Å². The number of phenols is 1. The first-order valence-electron chi connectivity index (χ1n) is 12.6. The summed E-state index contributed by atoms with van der Waals surface area (Å²) in [5, 5.41) is 21.6. The molecule has 1 amide bonds. The normalized spacial score (nSPS) is 16.6. The van der Waals surface area contributed by atoms with Crippen molar-refractivity contribution >= 4 is 17.4 Å². The topological polar surface area (TPSA) is 96.3 Å². The number of benzene rings is 3. The third-order valence-corrected chi connectivity index (χ3v) is 6.27. The number of ether oxygens (including phenoxy) is 2. The van der Waals surface area contributed by atoms with Gasteiger partial charge in [0.05, 0.1) is 24.8 Å². The number of carbonyl (C=O) groups excluding carboxylic acids is 2. The fourth-order valence-electron chi connectivity index (χ4n) is 4.44. The van der Waals surface area contributed by atoms with Gasteiger partial charge in [0.2, 0.25) is 0 Å². The Morgan fingerprint density at radius 1 is 1.00 bits per heavy atom. The molecule has 0 radical (unpaired) electrons. The fraction of sp³-hybridized carbons (Fsp3) is 0.267. The van der Waals surface area contributed by atoms with Gasteiger partial charge in [-0.1, -0.05) is 37.3 Å². The highest BCUT2D eigenvalue weighted by Gasteiger charge is 2.46. The maximum absolute atomic E-state index is 13.4. The molecular formula is C30H30FNO6. The molecule has 1 atom stereocenters. The minimum Gasteiger partial charge on any atom is -0.507 e. The molecule has 1 heterocycles. The summed E-state index contributed by atoms with van der Waals surface area (Å²) in [5.41, 5.74) is 1.54. The molecule has 3 aromatic rings. The predicted molar refractivity (Wildman–Crippen MR) is 141 cm³/mol. The molecular weight excluding hydrogens is 489 g/mol. The lowest BCUT2D eigenvalue weighted by Crippen LogP contribution is -2.31. The SMILES string of the molecule is CCCOc1cccc(/C(O)=C2/C(=O)C(=O)N(CCc3ccc(F)cc3)C2c2ccc(O)c(OCC)c2)c1. The van der Waals surface area contributed by atoms with Crippen LogP contribution in [0.15, 0.2) is 72.3 Å². The number of amides is 1. The van der Waals surface area contributed by atoms with E-state index in [-0.39, 0.29) is 35.2 Å². The number of hydrogen-bond acceptors (Lipinski definition) is 6. The Labute approximate surface area is 220 Å². The van der Waals surface area contributed by atoms with Crippen molar-refractivity contribution in [1.82, 2.24) is 4.90 Å². The third kappa shape index (κ3) is 5.64. The van der Waals surface area contributed by atoms with Crippen LogP contribution < -0.4 is 9.47 Å². The van der Waals surface area contributed by atoms with Crippen LogP contribution in [-0.2, 0) is 16.0 Å². The summed E-state index contributed by atoms with van der Waals surface area (Å²) >= 11 is 0. The summed E-state index contributed by atoms with van der Waals surface area (Å²) in [6.45, 7) is 4.68. The second kappa shape index (κ2) is 11.8. The van der Waals surface area contributed by atoms with Crippen molar-refractivity contribution in [2.75, 3.05) is 19.8 Å². The molecule has 0 bridgehead atoms. The molecule has 1 aliphatic rings. The first kappa shape index (κ1) is 26.7. The van der Waals surface area contributed by atoms with E-state index < -0.39 is 17.7 Å². The Balaban J connectivity index is 1.79. The van der Waals surface area contributed by atoms with Gasteiger partial charge in [0.1, 0.15) is 17.3 Å². The van der Waals surface area contributed by atoms with E-state index in [4.69, 9.17) is 9.47 Å². The highest BCUT2D eigenvalue weighted by molar-refractivity contribution is 6.46. The van der Waals surface area contributed by atoms with Crippen LogP contribution in [0.5, 0.6) is 17.2 Å². The summed E-state index contributed by atoms with van der Waals surface area (Å²) in [5.74, 6) is -1.64. The van der Waals surface area contributed by atoms with Crippen LogP contribution in [0, 0.1) is 5.82 Å². The van der Waals surface area contributed by atoms with E-state index in [0.29, 0.717) is 36.5 Å². The second-order valence-electron chi connectivity index (χ2n) is 8.91. The summed E-state index contributed by atoms with van der Waals surface area (Å²) in [6.07, 6.45) is 1.17. The van der Waals surface area contributed by atoms with Gasteiger partial charge >= 0.3 is 0 Å². The van der Waals surface area contributed by atoms with Crippen LogP contribution in [0.25, 0.3) is 5.76 Å². The largest absolute Gasteiger partial charge is 0.507 e. The van der Waals surface area contributed by atoms with Crippen LogP contribution in [0.3, 0.4) is 0 Å². The van der Waals surface area contributed by atoms with Crippen molar-refractivity contribution < 1.29 is 33.7 Å². The minimum atomic E-state index is -0.935. The van der Waals surface area contributed by atoms with Crippen molar-refractivity contribution in [3.8, 4) is 17.2 Å². The zero-order chi connectivity index (χ0) is 27.2. The molecule has 0 aromatic heterocycles. The monoisotopic (exact) mass is 519 g/mol. The van der Waals surface area contributed by atoms with Gasteiger partial charge in [-0.25, -0.2) is 4.39 Å². The lowest BCUT2D eigenvalue weighted by Gasteiger charge is -2.26. The Morgan fingerprint density at radius 2 is 1.76 bits per heavy atom. The zero-order valence-electron chi connectivity index (χ0n) is 21.3. The van der Waals surface area contributed by atoms with Crippen LogP contribution >= 0.6 is 0 Å². The van der Waals surface area contributed by atoms with Crippen molar-refractivity contribution in [2.24, 2.45) is 0 Å². The van der Waals surface area contributed by atoms with Crippen LogP contribution in [-0.4, -0.2) is 46.6 Å². The van der Waals surface area contributed by atoms with Crippen LogP contribution in [0.4, 0.5) is 4.39 Å². The molecule has 8 heteroatoms. The first-order chi connectivity index (χ1) is 18.3. The number of nitrogens with zero attached hydrogens (tertiary/aromatic N) is 1. The van der Waals surface area contributed by atoms with E-state index in [1.54, 1.807) is 55.5 Å². The number of hydrogen-bond donors (Lipinski definition) is 2. The van der Waals surface area contributed by atoms with Crippen molar-refractivity contribution in [1.29, 1.82) is 0 Å². The Kier molecular flexibility index (Phi) is 8.31.